The molecule has 1 N–H and O–H groups in total. The number of anilines is 1. The van der Waals surface area contributed by atoms with Crippen LogP contribution in [0.4, 0.5) is 5.69 Å². The number of methoxy groups -OCH3 is 1. The number of carbonyl (C=O) groups is 1. The number of hydrogen-bond acceptors (Lipinski definition) is 6. The second-order valence-electron chi connectivity index (χ2n) is 8.29. The smallest absolute Gasteiger partial charge is 0.241 e. The van der Waals surface area contributed by atoms with Gasteiger partial charge in [-0.05, 0) is 63.2 Å². The van der Waals surface area contributed by atoms with E-state index in [0.717, 1.165) is 16.1 Å². The summed E-state index contributed by atoms with van der Waals surface area (Å²) in [6.45, 7) is 5.92. The predicted molar refractivity (Wildman–Crippen MR) is 123 cm³/mol. The molecule has 0 fully saturated rings. The summed E-state index contributed by atoms with van der Waals surface area (Å²) in [6.07, 6.45) is 1.61. The summed E-state index contributed by atoms with van der Waals surface area (Å²) in [5, 5.41) is 2.98. The predicted octanol–water partition coefficient (Wildman–Crippen LogP) is 3.28. The van der Waals surface area contributed by atoms with Gasteiger partial charge < -0.3 is 19.5 Å². The number of benzene rings is 2. The Balaban J connectivity index is 1.82. The van der Waals surface area contributed by atoms with E-state index in [1.54, 1.807) is 37.4 Å². The molecular weight excluding hydrogens is 432 g/mol. The molecule has 1 atom stereocenters. The first-order valence-corrected chi connectivity index (χ1v) is 12.2. The molecule has 1 aliphatic rings. The molecule has 3 rings (SSSR count). The molecule has 1 amide bonds. The van der Waals surface area contributed by atoms with Crippen molar-refractivity contribution in [1.82, 2.24) is 5.32 Å². The Kier molecular flexibility index (Phi) is 6.88. The first kappa shape index (κ1) is 23.7. The van der Waals surface area contributed by atoms with Crippen LogP contribution in [0, 0.1) is 0 Å². The minimum absolute atomic E-state index is 0.343. The van der Waals surface area contributed by atoms with Gasteiger partial charge in [0.05, 0.1) is 31.7 Å². The Labute approximate surface area is 189 Å². The minimum Gasteiger partial charge on any atom is -0.497 e. The number of sulfonamides is 1. The van der Waals surface area contributed by atoms with Crippen molar-refractivity contribution < 1.29 is 27.4 Å². The minimum atomic E-state index is -3.69. The van der Waals surface area contributed by atoms with Crippen molar-refractivity contribution >= 4 is 21.6 Å². The summed E-state index contributed by atoms with van der Waals surface area (Å²) >= 11 is 0. The summed E-state index contributed by atoms with van der Waals surface area (Å²) in [4.78, 5) is 13.0. The SMILES string of the molecule is CCOc1ccc(N(CC(=O)NC2CC(C)(C)Oc3ccc(OC)cc32)S(C)(=O)=O)cc1. The first-order valence-electron chi connectivity index (χ1n) is 10.4. The van der Waals surface area contributed by atoms with E-state index in [0.29, 0.717) is 36.0 Å². The highest BCUT2D eigenvalue weighted by Crippen LogP contribution is 2.41. The average Bonchev–Trinajstić information content (AvgIpc) is 2.71. The maximum atomic E-state index is 13.0. The molecule has 2 aromatic rings. The van der Waals surface area contributed by atoms with Gasteiger partial charge in [0, 0.05) is 12.0 Å². The summed E-state index contributed by atoms with van der Waals surface area (Å²) < 4.78 is 42.7. The number of carbonyl (C=O) groups excluding carboxylic acids is 1. The zero-order valence-electron chi connectivity index (χ0n) is 19.0. The third kappa shape index (κ3) is 5.64. The van der Waals surface area contributed by atoms with E-state index in [2.05, 4.69) is 5.32 Å². The summed E-state index contributed by atoms with van der Waals surface area (Å²) in [6, 6.07) is 11.7. The van der Waals surface area contributed by atoms with Crippen molar-refractivity contribution in [2.24, 2.45) is 0 Å². The highest BCUT2D eigenvalue weighted by molar-refractivity contribution is 7.92. The lowest BCUT2D eigenvalue weighted by atomic mass is 9.89. The Morgan fingerprint density at radius 1 is 1.19 bits per heavy atom. The fourth-order valence-corrected chi connectivity index (χ4v) is 4.59. The van der Waals surface area contributed by atoms with Gasteiger partial charge in [-0.3, -0.25) is 9.10 Å². The van der Waals surface area contributed by atoms with Gasteiger partial charge in [-0.15, -0.1) is 0 Å². The van der Waals surface area contributed by atoms with Gasteiger partial charge in [0.1, 0.15) is 29.4 Å². The van der Waals surface area contributed by atoms with Crippen LogP contribution in [-0.2, 0) is 14.8 Å². The van der Waals surface area contributed by atoms with Crippen molar-refractivity contribution in [2.75, 3.05) is 30.8 Å². The molecule has 32 heavy (non-hydrogen) atoms. The number of rotatable bonds is 8. The van der Waals surface area contributed by atoms with Crippen LogP contribution in [0.3, 0.4) is 0 Å². The second kappa shape index (κ2) is 9.28. The van der Waals surface area contributed by atoms with Gasteiger partial charge in [-0.1, -0.05) is 0 Å². The van der Waals surface area contributed by atoms with Crippen molar-refractivity contribution in [3.05, 3.63) is 48.0 Å². The standard InChI is InChI=1S/C23H30N2O6S/c1-6-30-17-9-7-16(8-10-17)25(32(5,27)28)15-22(26)24-20-14-23(2,3)31-21-12-11-18(29-4)13-19(20)21/h7-13,20H,6,14-15H2,1-5H3,(H,24,26). The van der Waals surface area contributed by atoms with E-state index < -0.39 is 21.5 Å². The zero-order valence-corrected chi connectivity index (χ0v) is 19.9. The molecule has 0 aliphatic carbocycles. The number of nitrogens with zero attached hydrogens (tertiary/aromatic N) is 1. The van der Waals surface area contributed by atoms with Crippen molar-refractivity contribution in [2.45, 2.75) is 38.8 Å². The Morgan fingerprint density at radius 3 is 2.44 bits per heavy atom. The maximum absolute atomic E-state index is 13.0. The number of ether oxygens (including phenoxy) is 3. The number of hydrogen-bond donors (Lipinski definition) is 1. The van der Waals surface area contributed by atoms with Crippen LogP contribution < -0.4 is 23.8 Å². The summed E-state index contributed by atoms with van der Waals surface area (Å²) in [5.74, 6) is 1.53. The largest absolute Gasteiger partial charge is 0.497 e. The topological polar surface area (TPSA) is 94.2 Å². The fourth-order valence-electron chi connectivity index (χ4n) is 3.73. The van der Waals surface area contributed by atoms with E-state index in [1.807, 2.05) is 32.9 Å². The molecular formula is C23H30N2O6S. The van der Waals surface area contributed by atoms with Crippen LogP contribution in [-0.4, -0.2) is 46.4 Å². The van der Waals surface area contributed by atoms with Crippen LogP contribution in [0.25, 0.3) is 0 Å². The van der Waals surface area contributed by atoms with E-state index in [9.17, 15) is 13.2 Å². The molecule has 9 heteroatoms. The summed E-state index contributed by atoms with van der Waals surface area (Å²) in [5.41, 5.74) is 0.690. The number of fused-ring (bicyclic) bond motifs is 1. The lowest BCUT2D eigenvalue weighted by Crippen LogP contribution is -2.45. The second-order valence-corrected chi connectivity index (χ2v) is 10.2. The number of nitrogens with one attached hydrogen (secondary N) is 1. The normalized spacial score (nSPS) is 17.0. The Hall–Kier alpha value is -2.94. The van der Waals surface area contributed by atoms with Crippen molar-refractivity contribution in [3.8, 4) is 17.2 Å². The van der Waals surface area contributed by atoms with Gasteiger partial charge in [0.2, 0.25) is 15.9 Å². The Morgan fingerprint density at radius 2 is 1.84 bits per heavy atom. The Bertz CT molecular complexity index is 1070. The molecule has 1 unspecified atom stereocenters. The van der Waals surface area contributed by atoms with Gasteiger partial charge >= 0.3 is 0 Å². The third-order valence-corrected chi connectivity index (χ3v) is 6.27. The van der Waals surface area contributed by atoms with Crippen molar-refractivity contribution in [3.63, 3.8) is 0 Å². The highest BCUT2D eigenvalue weighted by Gasteiger charge is 2.35. The quantitative estimate of drug-likeness (QED) is 0.647. The third-order valence-electron chi connectivity index (χ3n) is 5.13. The first-order chi connectivity index (χ1) is 15.0. The van der Waals surface area contributed by atoms with E-state index in [4.69, 9.17) is 14.2 Å². The molecule has 0 aromatic heterocycles. The van der Waals surface area contributed by atoms with Gasteiger partial charge in [0.25, 0.3) is 0 Å². The van der Waals surface area contributed by atoms with Crippen LogP contribution in [0.15, 0.2) is 42.5 Å². The molecule has 2 aromatic carbocycles. The lowest BCUT2D eigenvalue weighted by molar-refractivity contribution is -0.120. The number of amides is 1. The van der Waals surface area contributed by atoms with Crippen molar-refractivity contribution in [1.29, 1.82) is 0 Å². The zero-order chi connectivity index (χ0) is 23.5. The lowest BCUT2D eigenvalue weighted by Gasteiger charge is -2.38. The molecule has 0 saturated heterocycles. The molecule has 174 valence electrons. The van der Waals surface area contributed by atoms with E-state index >= 15 is 0 Å². The monoisotopic (exact) mass is 462 g/mol. The molecule has 1 aliphatic heterocycles. The molecule has 0 radical (unpaired) electrons. The highest BCUT2D eigenvalue weighted by atomic mass is 32.2. The van der Waals surface area contributed by atoms with E-state index in [-0.39, 0.29) is 12.6 Å². The molecule has 1 heterocycles. The summed E-state index contributed by atoms with van der Waals surface area (Å²) in [7, 11) is -2.11. The molecule has 8 nitrogen and oxygen atoms in total. The van der Waals surface area contributed by atoms with Gasteiger partial charge in [-0.25, -0.2) is 8.42 Å². The van der Waals surface area contributed by atoms with Crippen LogP contribution in [0.1, 0.15) is 38.8 Å². The van der Waals surface area contributed by atoms with Crippen LogP contribution >= 0.6 is 0 Å². The van der Waals surface area contributed by atoms with Gasteiger partial charge in [0.15, 0.2) is 0 Å². The van der Waals surface area contributed by atoms with Crippen LogP contribution in [0.5, 0.6) is 17.2 Å². The molecule has 0 bridgehead atoms. The van der Waals surface area contributed by atoms with E-state index in [1.165, 1.54) is 0 Å². The van der Waals surface area contributed by atoms with Crippen LogP contribution in [0.2, 0.25) is 0 Å². The fraction of sp³-hybridized carbons (Fsp3) is 0.435. The van der Waals surface area contributed by atoms with Gasteiger partial charge in [-0.2, -0.15) is 0 Å². The molecule has 0 saturated carbocycles. The maximum Gasteiger partial charge on any atom is 0.241 e. The average molecular weight is 463 g/mol. The molecule has 0 spiro atoms.